The van der Waals surface area contributed by atoms with Gasteiger partial charge < -0.3 is 24.9 Å². The summed E-state index contributed by atoms with van der Waals surface area (Å²) >= 11 is 0. The van der Waals surface area contributed by atoms with E-state index in [1.54, 1.807) is 0 Å². The molecular weight excluding hydrogens is 237 g/mol. The fourth-order valence-electron chi connectivity index (χ4n) is 1.56. The van der Waals surface area contributed by atoms with E-state index in [1.807, 2.05) is 0 Å². The van der Waals surface area contributed by atoms with Crippen LogP contribution in [-0.4, -0.2) is 52.3 Å². The molecule has 0 bridgehead atoms. The zero-order valence-electron chi connectivity index (χ0n) is 8.70. The van der Waals surface area contributed by atoms with Crippen molar-refractivity contribution in [1.82, 2.24) is 5.32 Å². The molecule has 0 saturated carbocycles. The molecule has 0 radical (unpaired) electrons. The Hall–Kier alpha value is -0.460. The third-order valence-corrected chi connectivity index (χ3v) is 3.16. The van der Waals surface area contributed by atoms with Crippen LogP contribution in [0.3, 0.4) is 0 Å². The van der Waals surface area contributed by atoms with E-state index >= 15 is 0 Å². The Kier molecular flexibility index (Phi) is 4.89. The third-order valence-electron chi connectivity index (χ3n) is 2.39. The maximum atomic E-state index is 10.7. The van der Waals surface area contributed by atoms with Crippen LogP contribution in [0.25, 0.3) is 0 Å². The lowest BCUT2D eigenvalue weighted by molar-refractivity contribution is -0.141. The van der Waals surface area contributed by atoms with Crippen molar-refractivity contribution in [2.45, 2.75) is 25.0 Å². The van der Waals surface area contributed by atoms with E-state index in [1.165, 1.54) is 0 Å². The summed E-state index contributed by atoms with van der Waals surface area (Å²) in [5, 5.41) is 11.6. The van der Waals surface area contributed by atoms with Crippen molar-refractivity contribution >= 4 is 13.6 Å². The second-order valence-corrected chi connectivity index (χ2v) is 5.53. The molecule has 16 heavy (non-hydrogen) atoms. The molecule has 8 heteroatoms. The predicted molar refractivity (Wildman–Crippen MR) is 55.3 cm³/mol. The fraction of sp³-hybridized carbons (Fsp3) is 0.875. The Balaban J connectivity index is 2.27. The summed E-state index contributed by atoms with van der Waals surface area (Å²) in [5.41, 5.74) is 0. The van der Waals surface area contributed by atoms with Crippen LogP contribution in [0.15, 0.2) is 0 Å². The first kappa shape index (κ1) is 13.6. The van der Waals surface area contributed by atoms with Gasteiger partial charge in [0.2, 0.25) is 0 Å². The minimum atomic E-state index is -4.02. The molecule has 0 aromatic rings. The lowest BCUT2D eigenvalue weighted by atomic mass is 10.0. The average molecular weight is 253 g/mol. The number of ether oxygens (including phenoxy) is 1. The lowest BCUT2D eigenvalue weighted by Gasteiger charge is -2.27. The van der Waals surface area contributed by atoms with Crippen LogP contribution in [0.4, 0.5) is 0 Å². The monoisotopic (exact) mass is 253 g/mol. The van der Waals surface area contributed by atoms with Gasteiger partial charge in [-0.15, -0.1) is 0 Å². The van der Waals surface area contributed by atoms with Gasteiger partial charge in [-0.2, -0.15) is 0 Å². The summed E-state index contributed by atoms with van der Waals surface area (Å²) in [7, 11) is -4.02. The van der Waals surface area contributed by atoms with E-state index in [0.717, 1.165) is 0 Å². The van der Waals surface area contributed by atoms with E-state index in [-0.39, 0.29) is 18.9 Å². The standard InChI is InChI=1S/C8H16NO6P/c10-8(11)7-5-6(1-2-9-7)15-3-4-16(12,13)14/h6-7,9H,1-5H2,(H,10,11)(H2,12,13,14)/t6-,7+/m0/s1. The molecule has 1 rings (SSSR count). The topological polar surface area (TPSA) is 116 Å². The van der Waals surface area contributed by atoms with Gasteiger partial charge in [0, 0.05) is 0 Å². The van der Waals surface area contributed by atoms with Gasteiger partial charge >= 0.3 is 13.6 Å². The number of hydrogen-bond donors (Lipinski definition) is 4. The molecule has 4 N–H and O–H groups in total. The highest BCUT2D eigenvalue weighted by atomic mass is 31.2. The zero-order valence-corrected chi connectivity index (χ0v) is 9.60. The molecule has 1 heterocycles. The van der Waals surface area contributed by atoms with Gasteiger partial charge in [-0.3, -0.25) is 9.36 Å². The number of carboxylic acids is 1. The molecule has 1 fully saturated rings. The predicted octanol–water partition coefficient (Wildman–Crippen LogP) is -0.614. The van der Waals surface area contributed by atoms with E-state index in [0.29, 0.717) is 19.4 Å². The Morgan fingerprint density at radius 3 is 2.75 bits per heavy atom. The van der Waals surface area contributed by atoms with E-state index in [4.69, 9.17) is 19.6 Å². The first-order valence-corrected chi connectivity index (χ1v) is 6.80. The first-order chi connectivity index (χ1) is 7.38. The molecule has 7 nitrogen and oxygen atoms in total. The quantitative estimate of drug-likeness (QED) is 0.483. The van der Waals surface area contributed by atoms with Crippen LogP contribution >= 0.6 is 7.60 Å². The smallest absolute Gasteiger partial charge is 0.327 e. The van der Waals surface area contributed by atoms with Crippen molar-refractivity contribution in [3.8, 4) is 0 Å². The number of nitrogens with one attached hydrogen (secondary N) is 1. The molecule has 94 valence electrons. The molecule has 0 spiro atoms. The van der Waals surface area contributed by atoms with Crippen LogP contribution < -0.4 is 5.32 Å². The summed E-state index contributed by atoms with van der Waals surface area (Å²) < 4.78 is 15.8. The summed E-state index contributed by atoms with van der Waals surface area (Å²) in [4.78, 5) is 27.9. The van der Waals surface area contributed by atoms with Crippen molar-refractivity contribution in [1.29, 1.82) is 0 Å². The van der Waals surface area contributed by atoms with Crippen LogP contribution in [0, 0.1) is 0 Å². The second kappa shape index (κ2) is 5.75. The fourth-order valence-corrected chi connectivity index (χ4v) is 1.90. The molecule has 1 aliphatic rings. The van der Waals surface area contributed by atoms with Crippen molar-refractivity contribution < 1.29 is 29.0 Å². The van der Waals surface area contributed by atoms with Gasteiger partial charge in [0.05, 0.1) is 18.9 Å². The highest BCUT2D eigenvalue weighted by Crippen LogP contribution is 2.33. The number of carbonyl (C=O) groups is 1. The van der Waals surface area contributed by atoms with Crippen molar-refractivity contribution in [3.63, 3.8) is 0 Å². The van der Waals surface area contributed by atoms with Crippen LogP contribution in [-0.2, 0) is 14.1 Å². The van der Waals surface area contributed by atoms with Gasteiger partial charge in [-0.05, 0) is 19.4 Å². The van der Waals surface area contributed by atoms with Gasteiger partial charge in [-0.25, -0.2) is 0 Å². The maximum absolute atomic E-state index is 10.7. The van der Waals surface area contributed by atoms with Gasteiger partial charge in [0.1, 0.15) is 6.04 Å². The SMILES string of the molecule is O=C(O)[C@H]1C[C@@H](OCCP(=O)(O)O)CCN1. The van der Waals surface area contributed by atoms with Crippen molar-refractivity contribution in [2.75, 3.05) is 19.3 Å². The number of hydrogen-bond acceptors (Lipinski definition) is 4. The number of aliphatic carboxylic acids is 1. The van der Waals surface area contributed by atoms with Crippen LogP contribution in [0.1, 0.15) is 12.8 Å². The van der Waals surface area contributed by atoms with Gasteiger partial charge in [0.25, 0.3) is 0 Å². The molecule has 1 saturated heterocycles. The summed E-state index contributed by atoms with van der Waals surface area (Å²) in [6.07, 6.45) is 0.421. The highest BCUT2D eigenvalue weighted by Gasteiger charge is 2.27. The molecule has 0 aliphatic carbocycles. The zero-order chi connectivity index (χ0) is 12.2. The molecule has 0 unspecified atom stereocenters. The summed E-state index contributed by atoms with van der Waals surface area (Å²) in [6.45, 7) is 0.499. The van der Waals surface area contributed by atoms with Crippen molar-refractivity contribution in [2.24, 2.45) is 0 Å². The Labute approximate surface area is 93.0 Å². The Morgan fingerprint density at radius 1 is 1.50 bits per heavy atom. The molecule has 1 aliphatic heterocycles. The molecule has 0 aromatic heterocycles. The number of carboxylic acid groups (broad SMARTS) is 1. The number of rotatable bonds is 5. The highest BCUT2D eigenvalue weighted by molar-refractivity contribution is 7.51. The minimum absolute atomic E-state index is 0.0404. The van der Waals surface area contributed by atoms with E-state index < -0.39 is 19.6 Å². The molecule has 2 atom stereocenters. The largest absolute Gasteiger partial charge is 0.480 e. The van der Waals surface area contributed by atoms with Gasteiger partial charge in [0.15, 0.2) is 0 Å². The molecule has 0 aromatic carbocycles. The second-order valence-electron chi connectivity index (χ2n) is 3.75. The Morgan fingerprint density at radius 2 is 2.19 bits per heavy atom. The van der Waals surface area contributed by atoms with Gasteiger partial charge in [-0.1, -0.05) is 0 Å². The molecular formula is C8H16NO6P. The summed E-state index contributed by atoms with van der Waals surface area (Å²) in [5.74, 6) is -0.928. The number of piperidine rings is 1. The normalized spacial score (nSPS) is 26.6. The van der Waals surface area contributed by atoms with Crippen molar-refractivity contribution in [3.05, 3.63) is 0 Å². The lowest BCUT2D eigenvalue weighted by Crippen LogP contribution is -2.46. The van der Waals surface area contributed by atoms with E-state index in [2.05, 4.69) is 5.32 Å². The molecule has 0 amide bonds. The summed E-state index contributed by atoms with van der Waals surface area (Å²) in [6, 6.07) is -0.631. The maximum Gasteiger partial charge on any atom is 0.327 e. The van der Waals surface area contributed by atoms with Crippen LogP contribution in [0.2, 0.25) is 0 Å². The van der Waals surface area contributed by atoms with Crippen LogP contribution in [0.5, 0.6) is 0 Å². The minimum Gasteiger partial charge on any atom is -0.480 e. The van der Waals surface area contributed by atoms with E-state index in [9.17, 15) is 9.36 Å². The third kappa shape index (κ3) is 5.05. The first-order valence-electron chi connectivity index (χ1n) is 5.01. The average Bonchev–Trinajstić information content (AvgIpc) is 2.16. The Bertz CT molecular complexity index is 290.